The Hall–Kier alpha value is -1.94. The third kappa shape index (κ3) is 4.01. The van der Waals surface area contributed by atoms with Crippen molar-refractivity contribution in [1.82, 2.24) is 19.0 Å². The fourth-order valence-corrected chi connectivity index (χ4v) is 4.69. The van der Waals surface area contributed by atoms with E-state index in [9.17, 15) is 13.2 Å². The minimum Gasteiger partial charge on any atom is -0.349 e. The molecule has 3 rings (SSSR count). The molecule has 0 aromatic carbocycles. The Kier molecular flexibility index (Phi) is 5.09. The SMILES string of the molecule is CN(CC(=O)NCc1cn2cc(Cl)ccc2n1)S(=O)(=O)c1cccs1. The third-order valence-electron chi connectivity index (χ3n) is 3.46. The van der Waals surface area contributed by atoms with Gasteiger partial charge < -0.3 is 9.72 Å². The van der Waals surface area contributed by atoms with E-state index >= 15 is 0 Å². The van der Waals surface area contributed by atoms with Crippen LogP contribution in [0.4, 0.5) is 0 Å². The van der Waals surface area contributed by atoms with E-state index < -0.39 is 15.9 Å². The van der Waals surface area contributed by atoms with Crippen LogP contribution in [0.5, 0.6) is 0 Å². The number of amides is 1. The van der Waals surface area contributed by atoms with Gasteiger partial charge in [-0.25, -0.2) is 13.4 Å². The smallest absolute Gasteiger partial charge is 0.252 e. The number of carbonyl (C=O) groups is 1. The zero-order valence-corrected chi connectivity index (χ0v) is 15.6. The normalized spacial score (nSPS) is 12.0. The maximum absolute atomic E-state index is 12.3. The van der Waals surface area contributed by atoms with Crippen molar-refractivity contribution in [3.05, 3.63) is 52.8 Å². The summed E-state index contributed by atoms with van der Waals surface area (Å²) in [6, 6.07) is 6.67. The van der Waals surface area contributed by atoms with Crippen LogP contribution in [0, 0.1) is 0 Å². The second-order valence-corrected chi connectivity index (χ2v) is 8.97. The van der Waals surface area contributed by atoms with Crippen molar-refractivity contribution in [3.63, 3.8) is 0 Å². The van der Waals surface area contributed by atoms with E-state index in [1.165, 1.54) is 13.1 Å². The van der Waals surface area contributed by atoms with Crippen LogP contribution in [-0.4, -0.2) is 41.6 Å². The lowest BCUT2D eigenvalue weighted by atomic mass is 10.4. The fraction of sp³-hybridized carbons (Fsp3) is 0.200. The average molecular weight is 399 g/mol. The highest BCUT2D eigenvalue weighted by atomic mass is 35.5. The molecular weight excluding hydrogens is 384 g/mol. The van der Waals surface area contributed by atoms with Gasteiger partial charge in [0.15, 0.2) is 0 Å². The highest BCUT2D eigenvalue weighted by Crippen LogP contribution is 2.19. The molecule has 25 heavy (non-hydrogen) atoms. The highest BCUT2D eigenvalue weighted by molar-refractivity contribution is 7.91. The van der Waals surface area contributed by atoms with Gasteiger partial charge in [0.1, 0.15) is 9.86 Å². The predicted octanol–water partition coefficient (Wildman–Crippen LogP) is 1.99. The van der Waals surface area contributed by atoms with E-state index in [1.807, 2.05) is 0 Å². The molecule has 7 nitrogen and oxygen atoms in total. The van der Waals surface area contributed by atoms with Gasteiger partial charge in [0.05, 0.1) is 23.8 Å². The summed E-state index contributed by atoms with van der Waals surface area (Å²) < 4.78 is 27.6. The van der Waals surface area contributed by atoms with Gasteiger partial charge >= 0.3 is 0 Å². The molecule has 0 aliphatic rings. The minimum absolute atomic E-state index is 0.199. The summed E-state index contributed by atoms with van der Waals surface area (Å²) in [5, 5.41) is 4.93. The summed E-state index contributed by atoms with van der Waals surface area (Å²) in [4.78, 5) is 16.4. The first-order valence-electron chi connectivity index (χ1n) is 7.26. The Bertz CT molecular complexity index is 999. The predicted molar refractivity (Wildman–Crippen MR) is 96.2 cm³/mol. The number of carbonyl (C=O) groups excluding carboxylic acids is 1. The van der Waals surface area contributed by atoms with Crippen LogP contribution in [0.15, 0.2) is 46.2 Å². The number of imidazole rings is 1. The largest absolute Gasteiger partial charge is 0.349 e. The topological polar surface area (TPSA) is 83.8 Å². The molecule has 1 amide bonds. The Morgan fingerprint density at radius 3 is 2.88 bits per heavy atom. The van der Waals surface area contributed by atoms with Crippen molar-refractivity contribution in [2.45, 2.75) is 10.8 Å². The molecule has 0 bridgehead atoms. The molecule has 0 aliphatic carbocycles. The molecule has 0 fully saturated rings. The molecule has 3 heterocycles. The van der Waals surface area contributed by atoms with Crippen molar-refractivity contribution >= 4 is 44.5 Å². The number of halogens is 1. The summed E-state index contributed by atoms with van der Waals surface area (Å²) >= 11 is 7.03. The number of thiophene rings is 1. The second kappa shape index (κ2) is 7.12. The van der Waals surface area contributed by atoms with Gasteiger partial charge in [0, 0.05) is 19.4 Å². The van der Waals surface area contributed by atoms with Crippen LogP contribution in [0.3, 0.4) is 0 Å². The molecular formula is C15H15ClN4O3S2. The number of hydrogen-bond donors (Lipinski definition) is 1. The summed E-state index contributed by atoms with van der Waals surface area (Å²) in [6.45, 7) is -0.0650. The van der Waals surface area contributed by atoms with E-state index in [1.54, 1.807) is 40.4 Å². The Labute approximate surface area is 153 Å². The molecule has 10 heteroatoms. The van der Waals surface area contributed by atoms with E-state index in [0.29, 0.717) is 16.4 Å². The lowest BCUT2D eigenvalue weighted by Gasteiger charge is -2.15. The number of rotatable bonds is 6. The zero-order valence-electron chi connectivity index (χ0n) is 13.2. The molecule has 0 unspecified atom stereocenters. The Balaban J connectivity index is 1.60. The maximum atomic E-state index is 12.3. The van der Waals surface area contributed by atoms with Crippen molar-refractivity contribution < 1.29 is 13.2 Å². The monoisotopic (exact) mass is 398 g/mol. The molecule has 0 spiro atoms. The van der Waals surface area contributed by atoms with Crippen molar-refractivity contribution in [2.75, 3.05) is 13.6 Å². The van der Waals surface area contributed by atoms with E-state index in [4.69, 9.17) is 11.6 Å². The molecule has 0 atom stereocenters. The standard InChI is InChI=1S/C15H15ClN4O3S2/c1-19(25(22,23)15-3-2-6-24-15)10-14(21)17-7-12-9-20-8-11(16)4-5-13(20)18-12/h2-6,8-9H,7,10H2,1H3,(H,17,21). The average Bonchev–Trinajstić information content (AvgIpc) is 3.22. The first-order valence-corrected chi connectivity index (χ1v) is 9.96. The van der Waals surface area contributed by atoms with Crippen molar-refractivity contribution in [3.8, 4) is 0 Å². The van der Waals surface area contributed by atoms with Gasteiger partial charge in [-0.1, -0.05) is 17.7 Å². The van der Waals surface area contributed by atoms with Crippen molar-refractivity contribution in [2.24, 2.45) is 0 Å². The maximum Gasteiger partial charge on any atom is 0.252 e. The number of nitrogens with zero attached hydrogens (tertiary/aromatic N) is 3. The summed E-state index contributed by atoms with van der Waals surface area (Å²) in [5.41, 5.74) is 1.37. The van der Waals surface area contributed by atoms with Crippen LogP contribution in [0.25, 0.3) is 5.65 Å². The highest BCUT2D eigenvalue weighted by Gasteiger charge is 2.23. The van der Waals surface area contributed by atoms with Crippen LogP contribution in [-0.2, 0) is 21.4 Å². The van der Waals surface area contributed by atoms with Gasteiger partial charge in [-0.3, -0.25) is 4.79 Å². The number of pyridine rings is 1. The number of nitrogens with one attached hydrogen (secondary N) is 1. The first-order chi connectivity index (χ1) is 11.9. The van der Waals surface area contributed by atoms with Crippen LogP contribution in [0.2, 0.25) is 5.02 Å². The van der Waals surface area contributed by atoms with Gasteiger partial charge in [-0.15, -0.1) is 11.3 Å². The van der Waals surface area contributed by atoms with Gasteiger partial charge in [0.25, 0.3) is 10.0 Å². The molecule has 0 radical (unpaired) electrons. The van der Waals surface area contributed by atoms with E-state index in [2.05, 4.69) is 10.3 Å². The molecule has 3 aromatic rings. The quantitative estimate of drug-likeness (QED) is 0.688. The van der Waals surface area contributed by atoms with E-state index in [-0.39, 0.29) is 17.3 Å². The Morgan fingerprint density at radius 1 is 1.36 bits per heavy atom. The number of likely N-dealkylation sites (N-methyl/N-ethyl adjacent to an activating group) is 1. The summed E-state index contributed by atoms with van der Waals surface area (Å²) in [6.07, 6.45) is 3.48. The van der Waals surface area contributed by atoms with Gasteiger partial charge in [-0.05, 0) is 23.6 Å². The lowest BCUT2D eigenvalue weighted by molar-refractivity contribution is -0.121. The minimum atomic E-state index is -3.64. The van der Waals surface area contributed by atoms with Crippen LogP contribution in [0.1, 0.15) is 5.69 Å². The molecule has 3 aromatic heterocycles. The number of hydrogen-bond acceptors (Lipinski definition) is 5. The molecule has 0 saturated heterocycles. The summed E-state index contributed by atoms with van der Waals surface area (Å²) in [5.74, 6) is -0.405. The second-order valence-electron chi connectivity index (χ2n) is 5.31. The number of fused-ring (bicyclic) bond motifs is 1. The number of sulfonamides is 1. The fourth-order valence-electron chi connectivity index (χ4n) is 2.20. The Morgan fingerprint density at radius 2 is 2.16 bits per heavy atom. The van der Waals surface area contributed by atoms with E-state index in [0.717, 1.165) is 15.6 Å². The molecule has 0 saturated carbocycles. The first kappa shape index (κ1) is 17.9. The zero-order chi connectivity index (χ0) is 18.0. The van der Waals surface area contributed by atoms with Gasteiger partial charge in [0.2, 0.25) is 5.91 Å². The van der Waals surface area contributed by atoms with Crippen LogP contribution < -0.4 is 5.32 Å². The number of aromatic nitrogens is 2. The van der Waals surface area contributed by atoms with Gasteiger partial charge in [-0.2, -0.15) is 4.31 Å². The third-order valence-corrected chi connectivity index (χ3v) is 6.86. The van der Waals surface area contributed by atoms with Crippen molar-refractivity contribution in [1.29, 1.82) is 0 Å². The molecule has 132 valence electrons. The van der Waals surface area contributed by atoms with Crippen LogP contribution >= 0.6 is 22.9 Å². The lowest BCUT2D eigenvalue weighted by Crippen LogP contribution is -2.37. The molecule has 0 aliphatic heterocycles. The summed E-state index contributed by atoms with van der Waals surface area (Å²) in [7, 11) is -2.27. The molecule has 1 N–H and O–H groups in total.